The molecule has 1 fully saturated rings. The number of anilines is 1. The van der Waals surface area contributed by atoms with E-state index in [0.29, 0.717) is 30.7 Å². The van der Waals surface area contributed by atoms with Crippen molar-refractivity contribution in [2.75, 3.05) is 11.4 Å². The normalized spacial score (nSPS) is 16.6. The third-order valence-corrected chi connectivity index (χ3v) is 5.31. The molecule has 3 heterocycles. The van der Waals surface area contributed by atoms with Gasteiger partial charge in [-0.05, 0) is 25.0 Å². The van der Waals surface area contributed by atoms with Crippen molar-refractivity contribution in [2.45, 2.75) is 31.8 Å². The van der Waals surface area contributed by atoms with Crippen molar-refractivity contribution in [2.24, 2.45) is 0 Å². The van der Waals surface area contributed by atoms with Crippen LogP contribution in [-0.2, 0) is 13.0 Å². The van der Waals surface area contributed by atoms with Crippen LogP contribution in [0.1, 0.15) is 40.6 Å². The summed E-state index contributed by atoms with van der Waals surface area (Å²) in [7, 11) is 0. The minimum absolute atomic E-state index is 0.103. The number of hydrogen-bond acceptors (Lipinski definition) is 5. The summed E-state index contributed by atoms with van der Waals surface area (Å²) in [5, 5.41) is 13.2. The average molecular weight is 369 g/mol. The molecule has 7 nitrogen and oxygen atoms in total. The molecule has 1 aliphatic carbocycles. The molecular weight excluding hydrogens is 353 g/mol. The average Bonchev–Trinajstić information content (AvgIpc) is 3.38. The number of carbonyl (C=O) groups is 1. The number of benzene rings is 1. The van der Waals surface area contributed by atoms with Gasteiger partial charge in [0.1, 0.15) is 17.1 Å². The molecule has 8 heteroatoms. The predicted molar refractivity (Wildman–Crippen MR) is 94.7 cm³/mol. The van der Waals surface area contributed by atoms with Gasteiger partial charge in [0, 0.05) is 42.7 Å². The van der Waals surface area contributed by atoms with Crippen LogP contribution in [0.15, 0.2) is 33.8 Å². The van der Waals surface area contributed by atoms with Crippen LogP contribution in [-0.4, -0.2) is 27.3 Å². The van der Waals surface area contributed by atoms with Crippen LogP contribution in [0, 0.1) is 5.82 Å². The Bertz CT molecular complexity index is 1150. The summed E-state index contributed by atoms with van der Waals surface area (Å²) < 4.78 is 21.9. The predicted octanol–water partition coefficient (Wildman–Crippen LogP) is 2.72. The maximum absolute atomic E-state index is 14.9. The van der Waals surface area contributed by atoms with Crippen LogP contribution >= 0.6 is 0 Å². The van der Waals surface area contributed by atoms with E-state index in [-0.39, 0.29) is 17.0 Å². The number of aromatic nitrogens is 2. The Balaban J connectivity index is 1.68. The lowest BCUT2D eigenvalue weighted by Gasteiger charge is -2.28. The van der Waals surface area contributed by atoms with E-state index in [1.54, 1.807) is 16.8 Å². The van der Waals surface area contributed by atoms with Crippen LogP contribution in [0.4, 0.5) is 10.1 Å². The summed E-state index contributed by atoms with van der Waals surface area (Å²) in [5.41, 5.74) is 0.904. The molecule has 1 N–H and O–H groups in total. The number of carboxylic acid groups (broad SMARTS) is 1. The molecule has 0 saturated heterocycles. The molecule has 0 amide bonds. The van der Waals surface area contributed by atoms with Crippen LogP contribution in [0.5, 0.6) is 0 Å². The summed E-state index contributed by atoms with van der Waals surface area (Å²) in [4.78, 5) is 25.8. The smallest absolute Gasteiger partial charge is 0.341 e. The van der Waals surface area contributed by atoms with Crippen LogP contribution < -0.4 is 10.3 Å². The fourth-order valence-corrected chi connectivity index (χ4v) is 3.75. The van der Waals surface area contributed by atoms with Crippen molar-refractivity contribution >= 4 is 22.6 Å². The van der Waals surface area contributed by atoms with Gasteiger partial charge in [-0.2, -0.15) is 0 Å². The first kappa shape index (κ1) is 16.0. The van der Waals surface area contributed by atoms with E-state index in [4.69, 9.17) is 4.52 Å². The number of hydrogen-bond donors (Lipinski definition) is 1. The van der Waals surface area contributed by atoms with Crippen LogP contribution in [0.25, 0.3) is 10.9 Å². The SMILES string of the molecule is O=C(O)c1cn(C2CC2)c2cc(N3CCc4oncc4C3)c(F)cc2c1=O. The molecule has 5 rings (SSSR count). The summed E-state index contributed by atoms with van der Waals surface area (Å²) in [6.07, 6.45) is 5.48. The van der Waals surface area contributed by atoms with Crippen molar-refractivity contribution in [3.05, 3.63) is 57.5 Å². The second-order valence-electron chi connectivity index (χ2n) is 7.08. The molecule has 0 unspecified atom stereocenters. The first-order valence-corrected chi connectivity index (χ1v) is 8.82. The van der Waals surface area contributed by atoms with Crippen LogP contribution in [0.2, 0.25) is 0 Å². The maximum Gasteiger partial charge on any atom is 0.341 e. The zero-order valence-corrected chi connectivity index (χ0v) is 14.3. The fraction of sp³-hybridized carbons (Fsp3) is 0.316. The van der Waals surface area contributed by atoms with E-state index in [1.807, 2.05) is 4.90 Å². The van der Waals surface area contributed by atoms with E-state index in [1.165, 1.54) is 12.3 Å². The van der Waals surface area contributed by atoms with Gasteiger partial charge in [-0.25, -0.2) is 9.18 Å². The molecule has 0 bridgehead atoms. The summed E-state index contributed by atoms with van der Waals surface area (Å²) >= 11 is 0. The van der Waals surface area contributed by atoms with E-state index in [0.717, 1.165) is 24.2 Å². The Labute approximate surface area is 152 Å². The van der Waals surface area contributed by atoms with Gasteiger partial charge < -0.3 is 19.1 Å². The lowest BCUT2D eigenvalue weighted by atomic mass is 10.1. The van der Waals surface area contributed by atoms with Crippen LogP contribution in [0.3, 0.4) is 0 Å². The van der Waals surface area contributed by atoms with Gasteiger partial charge in [-0.15, -0.1) is 0 Å². The maximum atomic E-state index is 14.9. The molecule has 1 aliphatic heterocycles. The molecule has 27 heavy (non-hydrogen) atoms. The van der Waals surface area contributed by atoms with Gasteiger partial charge in [0.05, 0.1) is 17.4 Å². The second kappa shape index (κ2) is 5.67. The van der Waals surface area contributed by atoms with Crippen molar-refractivity contribution in [1.82, 2.24) is 9.72 Å². The zero-order valence-electron chi connectivity index (χ0n) is 14.3. The topological polar surface area (TPSA) is 88.6 Å². The molecule has 1 saturated carbocycles. The van der Waals surface area contributed by atoms with Gasteiger partial charge in [0.25, 0.3) is 0 Å². The summed E-state index contributed by atoms with van der Waals surface area (Å²) in [5.74, 6) is -1.02. The molecular formula is C19H16FN3O4. The highest BCUT2D eigenvalue weighted by atomic mass is 19.1. The summed E-state index contributed by atoms with van der Waals surface area (Å²) in [6.45, 7) is 1.05. The first-order valence-electron chi connectivity index (χ1n) is 8.82. The van der Waals surface area contributed by atoms with Gasteiger partial charge in [0.2, 0.25) is 5.43 Å². The Hall–Kier alpha value is -3.16. The Morgan fingerprint density at radius 1 is 1.33 bits per heavy atom. The standard InChI is InChI=1S/C19H16FN3O4/c20-14-5-12-15(23(11-1-2-11)9-13(18(12)24)19(25)26)6-16(14)22-4-3-17-10(8-22)7-21-27-17/h5-7,9,11H,1-4,8H2,(H,25,26). The minimum atomic E-state index is -1.29. The second-order valence-corrected chi connectivity index (χ2v) is 7.08. The Kier molecular flexibility index (Phi) is 3.37. The van der Waals surface area contributed by atoms with E-state index in [9.17, 15) is 19.1 Å². The molecule has 0 atom stereocenters. The van der Waals surface area contributed by atoms with Crippen molar-refractivity contribution in [3.63, 3.8) is 0 Å². The number of rotatable bonds is 3. The van der Waals surface area contributed by atoms with Gasteiger partial charge in [-0.3, -0.25) is 4.79 Å². The number of carboxylic acids is 1. The lowest BCUT2D eigenvalue weighted by Crippen LogP contribution is -2.30. The first-order chi connectivity index (χ1) is 13.0. The van der Waals surface area contributed by atoms with E-state index >= 15 is 0 Å². The third kappa shape index (κ3) is 2.51. The molecule has 0 spiro atoms. The molecule has 0 radical (unpaired) electrons. The number of halogens is 1. The third-order valence-electron chi connectivity index (χ3n) is 5.31. The Morgan fingerprint density at radius 3 is 2.89 bits per heavy atom. The highest BCUT2D eigenvalue weighted by Gasteiger charge is 2.29. The number of pyridine rings is 1. The summed E-state index contributed by atoms with van der Waals surface area (Å²) in [6, 6.07) is 2.98. The highest BCUT2D eigenvalue weighted by molar-refractivity contribution is 5.93. The largest absolute Gasteiger partial charge is 0.477 e. The van der Waals surface area contributed by atoms with Gasteiger partial charge in [-0.1, -0.05) is 5.16 Å². The highest BCUT2D eigenvalue weighted by Crippen LogP contribution is 2.38. The molecule has 3 aromatic rings. The monoisotopic (exact) mass is 369 g/mol. The van der Waals surface area contributed by atoms with Gasteiger partial charge in [0.15, 0.2) is 0 Å². The van der Waals surface area contributed by atoms with Crippen molar-refractivity contribution < 1.29 is 18.8 Å². The molecule has 2 aliphatic rings. The van der Waals surface area contributed by atoms with Crippen molar-refractivity contribution in [1.29, 1.82) is 0 Å². The quantitative estimate of drug-likeness (QED) is 0.764. The van der Waals surface area contributed by atoms with Crippen molar-refractivity contribution in [3.8, 4) is 0 Å². The van der Waals surface area contributed by atoms with E-state index in [2.05, 4.69) is 5.16 Å². The number of nitrogens with zero attached hydrogens (tertiary/aromatic N) is 3. The van der Waals surface area contributed by atoms with E-state index < -0.39 is 17.2 Å². The molecule has 2 aromatic heterocycles. The minimum Gasteiger partial charge on any atom is -0.477 e. The Morgan fingerprint density at radius 2 is 2.15 bits per heavy atom. The van der Waals surface area contributed by atoms with Gasteiger partial charge >= 0.3 is 5.97 Å². The molecule has 138 valence electrons. The number of fused-ring (bicyclic) bond motifs is 2. The fourth-order valence-electron chi connectivity index (χ4n) is 3.75. The zero-order chi connectivity index (χ0) is 18.7. The number of aromatic carboxylic acids is 1. The molecule has 1 aromatic carbocycles. The lowest BCUT2D eigenvalue weighted by molar-refractivity contribution is 0.0695.